The minimum absolute atomic E-state index is 0.734. The van der Waals surface area contributed by atoms with Crippen molar-refractivity contribution in [3.8, 4) is 0 Å². The Morgan fingerprint density at radius 3 is 2.55 bits per heavy atom. The Labute approximate surface area is 70.0 Å². The van der Waals surface area contributed by atoms with Gasteiger partial charge in [-0.25, -0.2) is 0 Å². The smallest absolute Gasteiger partial charge is 0.0192 e. The van der Waals surface area contributed by atoms with Crippen molar-refractivity contribution in [2.45, 2.75) is 32.7 Å². The third-order valence-corrected chi connectivity index (χ3v) is 2.45. The van der Waals surface area contributed by atoms with E-state index in [1.807, 2.05) is 0 Å². The Kier molecular flexibility index (Phi) is 3.87. The molecule has 0 spiro atoms. The monoisotopic (exact) mass is 156 g/mol. The molecule has 1 fully saturated rings. The fraction of sp³-hybridized carbons (Fsp3) is 1.00. The van der Waals surface area contributed by atoms with Gasteiger partial charge in [-0.15, -0.1) is 0 Å². The molecular formula is C9H20N2. The summed E-state index contributed by atoms with van der Waals surface area (Å²) in [7, 11) is 0. The van der Waals surface area contributed by atoms with Gasteiger partial charge in [-0.3, -0.25) is 4.90 Å². The van der Waals surface area contributed by atoms with E-state index in [2.05, 4.69) is 24.1 Å². The van der Waals surface area contributed by atoms with E-state index >= 15 is 0 Å². The normalized spacial score (nSPS) is 22.4. The highest BCUT2D eigenvalue weighted by Crippen LogP contribution is 2.10. The summed E-state index contributed by atoms with van der Waals surface area (Å²) >= 11 is 0. The first kappa shape index (κ1) is 9.01. The van der Waals surface area contributed by atoms with Crippen LogP contribution in [0.2, 0.25) is 0 Å². The van der Waals surface area contributed by atoms with Crippen molar-refractivity contribution in [1.29, 1.82) is 0 Å². The van der Waals surface area contributed by atoms with E-state index in [9.17, 15) is 0 Å². The molecule has 0 amide bonds. The zero-order valence-corrected chi connectivity index (χ0v) is 7.77. The van der Waals surface area contributed by atoms with Crippen molar-refractivity contribution in [2.75, 3.05) is 26.2 Å². The van der Waals surface area contributed by atoms with Crippen molar-refractivity contribution >= 4 is 0 Å². The molecule has 1 saturated heterocycles. The Morgan fingerprint density at radius 2 is 2.00 bits per heavy atom. The van der Waals surface area contributed by atoms with Gasteiger partial charge in [0.15, 0.2) is 0 Å². The SMILES string of the molecule is CCNCC(C)N1CCCC1. The van der Waals surface area contributed by atoms with Crippen LogP contribution < -0.4 is 5.32 Å². The first-order chi connectivity index (χ1) is 5.34. The summed E-state index contributed by atoms with van der Waals surface area (Å²) in [4.78, 5) is 2.57. The maximum absolute atomic E-state index is 3.38. The van der Waals surface area contributed by atoms with Gasteiger partial charge >= 0.3 is 0 Å². The summed E-state index contributed by atoms with van der Waals surface area (Å²) in [6.07, 6.45) is 2.80. The summed E-state index contributed by atoms with van der Waals surface area (Å²) in [5.41, 5.74) is 0. The van der Waals surface area contributed by atoms with Gasteiger partial charge in [-0.2, -0.15) is 0 Å². The molecule has 0 saturated carbocycles. The standard InChI is InChI=1S/C9H20N2/c1-3-10-8-9(2)11-6-4-5-7-11/h9-10H,3-8H2,1-2H3. The first-order valence-corrected chi connectivity index (χ1v) is 4.79. The second-order valence-corrected chi connectivity index (χ2v) is 3.40. The summed E-state index contributed by atoms with van der Waals surface area (Å²) in [6, 6.07) is 0.734. The number of nitrogens with one attached hydrogen (secondary N) is 1. The van der Waals surface area contributed by atoms with Crippen molar-refractivity contribution in [1.82, 2.24) is 10.2 Å². The number of likely N-dealkylation sites (N-methyl/N-ethyl adjacent to an activating group) is 1. The number of hydrogen-bond donors (Lipinski definition) is 1. The molecule has 1 aliphatic rings. The van der Waals surface area contributed by atoms with Gasteiger partial charge in [0.25, 0.3) is 0 Å². The molecule has 1 rings (SSSR count). The van der Waals surface area contributed by atoms with Crippen LogP contribution in [0.5, 0.6) is 0 Å². The molecule has 1 aliphatic heterocycles. The molecule has 2 heteroatoms. The number of likely N-dealkylation sites (tertiary alicyclic amines) is 1. The molecule has 0 radical (unpaired) electrons. The Hall–Kier alpha value is -0.0800. The van der Waals surface area contributed by atoms with Gasteiger partial charge in [-0.05, 0) is 39.4 Å². The lowest BCUT2D eigenvalue weighted by Gasteiger charge is -2.23. The summed E-state index contributed by atoms with van der Waals surface area (Å²) in [5, 5.41) is 3.38. The van der Waals surface area contributed by atoms with E-state index < -0.39 is 0 Å². The van der Waals surface area contributed by atoms with E-state index in [1.165, 1.54) is 25.9 Å². The van der Waals surface area contributed by atoms with Gasteiger partial charge < -0.3 is 5.32 Å². The molecule has 11 heavy (non-hydrogen) atoms. The summed E-state index contributed by atoms with van der Waals surface area (Å²) in [5.74, 6) is 0. The quantitative estimate of drug-likeness (QED) is 0.655. The second-order valence-electron chi connectivity index (χ2n) is 3.40. The van der Waals surface area contributed by atoms with Crippen molar-refractivity contribution in [2.24, 2.45) is 0 Å². The van der Waals surface area contributed by atoms with Crippen molar-refractivity contribution in [3.63, 3.8) is 0 Å². The predicted octanol–water partition coefficient (Wildman–Crippen LogP) is 1.08. The molecule has 1 atom stereocenters. The van der Waals surface area contributed by atoms with Gasteiger partial charge in [0, 0.05) is 12.6 Å². The fourth-order valence-electron chi connectivity index (χ4n) is 1.66. The van der Waals surface area contributed by atoms with Gasteiger partial charge in [0.1, 0.15) is 0 Å². The minimum atomic E-state index is 0.734. The van der Waals surface area contributed by atoms with Gasteiger partial charge in [-0.1, -0.05) is 6.92 Å². The molecule has 66 valence electrons. The third kappa shape index (κ3) is 2.80. The van der Waals surface area contributed by atoms with Crippen molar-refractivity contribution in [3.05, 3.63) is 0 Å². The van der Waals surface area contributed by atoms with Crippen LogP contribution in [0, 0.1) is 0 Å². The zero-order chi connectivity index (χ0) is 8.10. The zero-order valence-electron chi connectivity index (χ0n) is 7.77. The van der Waals surface area contributed by atoms with E-state index in [0.29, 0.717) is 0 Å². The summed E-state index contributed by atoms with van der Waals surface area (Å²) in [6.45, 7) is 9.35. The van der Waals surface area contributed by atoms with E-state index in [1.54, 1.807) is 0 Å². The molecule has 2 nitrogen and oxygen atoms in total. The lowest BCUT2D eigenvalue weighted by molar-refractivity contribution is 0.253. The molecule has 0 aromatic rings. The topological polar surface area (TPSA) is 15.3 Å². The predicted molar refractivity (Wildman–Crippen MR) is 48.8 cm³/mol. The Bertz CT molecular complexity index is 97.7. The highest BCUT2D eigenvalue weighted by Gasteiger charge is 2.16. The lowest BCUT2D eigenvalue weighted by Crippen LogP contribution is -2.38. The average Bonchev–Trinajstić information content (AvgIpc) is 2.52. The van der Waals surface area contributed by atoms with E-state index in [0.717, 1.165) is 19.1 Å². The van der Waals surface area contributed by atoms with Gasteiger partial charge in [0.2, 0.25) is 0 Å². The highest BCUT2D eigenvalue weighted by atomic mass is 15.2. The minimum Gasteiger partial charge on any atom is -0.315 e. The maximum Gasteiger partial charge on any atom is 0.0192 e. The van der Waals surface area contributed by atoms with Crippen LogP contribution in [0.25, 0.3) is 0 Å². The third-order valence-electron chi connectivity index (χ3n) is 2.45. The molecule has 1 N–H and O–H groups in total. The van der Waals surface area contributed by atoms with Crippen LogP contribution in [-0.4, -0.2) is 37.1 Å². The van der Waals surface area contributed by atoms with Crippen LogP contribution in [0.15, 0.2) is 0 Å². The second kappa shape index (κ2) is 4.73. The fourth-order valence-corrected chi connectivity index (χ4v) is 1.66. The Balaban J connectivity index is 2.12. The summed E-state index contributed by atoms with van der Waals surface area (Å²) < 4.78 is 0. The molecule has 0 bridgehead atoms. The molecule has 0 aromatic carbocycles. The largest absolute Gasteiger partial charge is 0.315 e. The maximum atomic E-state index is 3.38. The molecule has 0 aromatic heterocycles. The number of rotatable bonds is 4. The lowest BCUT2D eigenvalue weighted by atomic mass is 10.3. The first-order valence-electron chi connectivity index (χ1n) is 4.79. The van der Waals surface area contributed by atoms with Crippen LogP contribution in [0.3, 0.4) is 0 Å². The molecule has 0 aliphatic carbocycles. The Morgan fingerprint density at radius 1 is 1.36 bits per heavy atom. The van der Waals surface area contributed by atoms with Crippen LogP contribution in [0.4, 0.5) is 0 Å². The molecule has 1 unspecified atom stereocenters. The molecular weight excluding hydrogens is 136 g/mol. The van der Waals surface area contributed by atoms with Gasteiger partial charge in [0.05, 0.1) is 0 Å². The number of hydrogen-bond acceptors (Lipinski definition) is 2. The van der Waals surface area contributed by atoms with E-state index in [4.69, 9.17) is 0 Å². The number of nitrogens with zero attached hydrogens (tertiary/aromatic N) is 1. The van der Waals surface area contributed by atoms with E-state index in [-0.39, 0.29) is 0 Å². The van der Waals surface area contributed by atoms with Crippen LogP contribution >= 0.6 is 0 Å². The highest BCUT2D eigenvalue weighted by molar-refractivity contribution is 4.73. The average molecular weight is 156 g/mol. The van der Waals surface area contributed by atoms with Crippen molar-refractivity contribution < 1.29 is 0 Å². The van der Waals surface area contributed by atoms with Crippen LogP contribution in [-0.2, 0) is 0 Å². The van der Waals surface area contributed by atoms with Crippen LogP contribution in [0.1, 0.15) is 26.7 Å². The molecule has 1 heterocycles.